The minimum absolute atomic E-state index is 0.00333. The van der Waals surface area contributed by atoms with Gasteiger partial charge in [0.2, 0.25) is 5.91 Å². The van der Waals surface area contributed by atoms with Crippen molar-refractivity contribution < 1.29 is 9.90 Å². The van der Waals surface area contributed by atoms with Crippen molar-refractivity contribution >= 4 is 11.7 Å². The largest absolute Gasteiger partial charge is 0.504 e. The zero-order chi connectivity index (χ0) is 13.9. The van der Waals surface area contributed by atoms with Crippen LogP contribution in [0.2, 0.25) is 0 Å². The van der Waals surface area contributed by atoms with Crippen molar-refractivity contribution in [3.63, 3.8) is 0 Å². The second-order valence-electron chi connectivity index (χ2n) is 5.14. The standard InChI is InChI=1S/C14H21N3O2/c1-3-7-14(8-4-9-15-14)13(19)17-12-11(18)6-5-10(2)16-12/h5-6,15,18H,3-4,7-9H2,1-2H3,(H,16,17,19). The fourth-order valence-electron chi connectivity index (χ4n) is 2.62. The molecule has 5 nitrogen and oxygen atoms in total. The van der Waals surface area contributed by atoms with Crippen molar-refractivity contribution in [1.29, 1.82) is 0 Å². The number of aromatic hydroxyl groups is 1. The van der Waals surface area contributed by atoms with Crippen molar-refractivity contribution in [2.24, 2.45) is 0 Å². The smallest absolute Gasteiger partial charge is 0.245 e. The van der Waals surface area contributed by atoms with Gasteiger partial charge in [-0.25, -0.2) is 4.98 Å². The Morgan fingerprint density at radius 3 is 3.00 bits per heavy atom. The van der Waals surface area contributed by atoms with E-state index < -0.39 is 5.54 Å². The molecule has 1 fully saturated rings. The molecule has 104 valence electrons. The molecule has 1 aliphatic rings. The van der Waals surface area contributed by atoms with Gasteiger partial charge in [0.05, 0.1) is 5.54 Å². The molecular formula is C14H21N3O2. The van der Waals surface area contributed by atoms with E-state index in [1.807, 2.05) is 6.92 Å². The molecule has 0 radical (unpaired) electrons. The second-order valence-corrected chi connectivity index (χ2v) is 5.14. The molecule has 0 spiro atoms. The zero-order valence-corrected chi connectivity index (χ0v) is 11.5. The van der Waals surface area contributed by atoms with Gasteiger partial charge in [0.1, 0.15) is 0 Å². The molecule has 1 saturated heterocycles. The molecule has 0 aromatic carbocycles. The number of hydrogen-bond acceptors (Lipinski definition) is 4. The second kappa shape index (κ2) is 5.57. The Bertz CT molecular complexity index is 468. The molecule has 0 saturated carbocycles. The van der Waals surface area contributed by atoms with Gasteiger partial charge in [0, 0.05) is 5.69 Å². The quantitative estimate of drug-likeness (QED) is 0.776. The highest BCUT2D eigenvalue weighted by Gasteiger charge is 2.40. The zero-order valence-electron chi connectivity index (χ0n) is 11.5. The summed E-state index contributed by atoms with van der Waals surface area (Å²) in [6.07, 6.45) is 3.57. The van der Waals surface area contributed by atoms with Crippen LogP contribution in [0.1, 0.15) is 38.3 Å². The molecule has 1 aromatic heterocycles. The number of rotatable bonds is 4. The van der Waals surface area contributed by atoms with Gasteiger partial charge in [-0.2, -0.15) is 0 Å². The summed E-state index contributed by atoms with van der Waals surface area (Å²) in [5.41, 5.74) is 0.254. The summed E-state index contributed by atoms with van der Waals surface area (Å²) in [6.45, 7) is 4.75. The summed E-state index contributed by atoms with van der Waals surface area (Å²) >= 11 is 0. The van der Waals surface area contributed by atoms with E-state index in [0.717, 1.165) is 37.9 Å². The summed E-state index contributed by atoms with van der Waals surface area (Å²) in [7, 11) is 0. The van der Waals surface area contributed by atoms with Crippen LogP contribution in [-0.4, -0.2) is 28.1 Å². The molecule has 0 aliphatic carbocycles. The lowest BCUT2D eigenvalue weighted by Gasteiger charge is -2.27. The van der Waals surface area contributed by atoms with Crippen LogP contribution in [0.25, 0.3) is 0 Å². The Balaban J connectivity index is 2.17. The van der Waals surface area contributed by atoms with E-state index in [2.05, 4.69) is 22.5 Å². The summed E-state index contributed by atoms with van der Waals surface area (Å²) in [6, 6.07) is 3.26. The first-order valence-electron chi connectivity index (χ1n) is 6.80. The average Bonchev–Trinajstić information content (AvgIpc) is 2.84. The van der Waals surface area contributed by atoms with Crippen LogP contribution in [0.4, 0.5) is 5.82 Å². The van der Waals surface area contributed by atoms with E-state index in [1.54, 1.807) is 12.1 Å². The minimum atomic E-state index is -0.507. The lowest BCUT2D eigenvalue weighted by Crippen LogP contribution is -2.50. The highest BCUT2D eigenvalue weighted by atomic mass is 16.3. The SMILES string of the molecule is CCCC1(C(=O)Nc2nc(C)ccc2O)CCCN1. The molecule has 2 heterocycles. The fraction of sp³-hybridized carbons (Fsp3) is 0.571. The number of aryl methyl sites for hydroxylation is 1. The van der Waals surface area contributed by atoms with E-state index in [4.69, 9.17) is 0 Å². The summed E-state index contributed by atoms with van der Waals surface area (Å²) in [4.78, 5) is 16.6. The van der Waals surface area contributed by atoms with E-state index >= 15 is 0 Å². The van der Waals surface area contributed by atoms with E-state index in [1.165, 1.54) is 0 Å². The Morgan fingerprint density at radius 1 is 1.58 bits per heavy atom. The van der Waals surface area contributed by atoms with Crippen LogP contribution in [0.15, 0.2) is 12.1 Å². The first-order chi connectivity index (χ1) is 9.07. The van der Waals surface area contributed by atoms with E-state index in [0.29, 0.717) is 0 Å². The monoisotopic (exact) mass is 263 g/mol. The Labute approximate surface area is 113 Å². The van der Waals surface area contributed by atoms with Gasteiger partial charge in [0.15, 0.2) is 11.6 Å². The van der Waals surface area contributed by atoms with Crippen LogP contribution < -0.4 is 10.6 Å². The van der Waals surface area contributed by atoms with Gasteiger partial charge in [0.25, 0.3) is 0 Å². The number of amides is 1. The van der Waals surface area contributed by atoms with Crippen LogP contribution in [-0.2, 0) is 4.79 Å². The predicted octanol–water partition coefficient (Wildman–Crippen LogP) is 1.96. The molecular weight excluding hydrogens is 242 g/mol. The Kier molecular flexibility index (Phi) is 4.04. The Hall–Kier alpha value is -1.62. The first-order valence-corrected chi connectivity index (χ1v) is 6.80. The molecule has 1 aliphatic heterocycles. The highest BCUT2D eigenvalue weighted by molar-refractivity contribution is 5.98. The molecule has 1 amide bonds. The Morgan fingerprint density at radius 2 is 2.37 bits per heavy atom. The number of hydrogen-bond donors (Lipinski definition) is 3. The number of anilines is 1. The topological polar surface area (TPSA) is 74.2 Å². The molecule has 0 bridgehead atoms. The van der Waals surface area contributed by atoms with Crippen molar-refractivity contribution in [3.05, 3.63) is 17.8 Å². The molecule has 1 unspecified atom stereocenters. The number of nitrogens with one attached hydrogen (secondary N) is 2. The lowest BCUT2D eigenvalue weighted by molar-refractivity contribution is -0.122. The van der Waals surface area contributed by atoms with Gasteiger partial charge >= 0.3 is 0 Å². The molecule has 3 N–H and O–H groups in total. The third-order valence-corrected chi connectivity index (χ3v) is 3.60. The third-order valence-electron chi connectivity index (χ3n) is 3.60. The van der Waals surface area contributed by atoms with Gasteiger partial charge < -0.3 is 15.7 Å². The average molecular weight is 263 g/mol. The number of nitrogens with zero attached hydrogens (tertiary/aromatic N) is 1. The predicted molar refractivity (Wildman–Crippen MR) is 74.1 cm³/mol. The fourth-order valence-corrected chi connectivity index (χ4v) is 2.62. The first kappa shape index (κ1) is 13.8. The number of pyridine rings is 1. The third kappa shape index (κ3) is 2.87. The maximum absolute atomic E-state index is 12.5. The van der Waals surface area contributed by atoms with Crippen LogP contribution in [0.5, 0.6) is 5.75 Å². The van der Waals surface area contributed by atoms with Crippen molar-refractivity contribution in [3.8, 4) is 5.75 Å². The number of aromatic nitrogens is 1. The molecule has 19 heavy (non-hydrogen) atoms. The molecule has 1 atom stereocenters. The van der Waals surface area contributed by atoms with Crippen molar-refractivity contribution in [2.45, 2.75) is 45.1 Å². The van der Waals surface area contributed by atoms with E-state index in [-0.39, 0.29) is 17.5 Å². The summed E-state index contributed by atoms with van der Waals surface area (Å²) in [5, 5.41) is 15.8. The number of carbonyl (C=O) groups excluding carboxylic acids is 1. The summed E-state index contributed by atoms with van der Waals surface area (Å²) < 4.78 is 0. The van der Waals surface area contributed by atoms with Crippen LogP contribution in [0.3, 0.4) is 0 Å². The molecule has 2 rings (SSSR count). The van der Waals surface area contributed by atoms with Gasteiger partial charge in [-0.3, -0.25) is 4.79 Å². The number of carbonyl (C=O) groups is 1. The van der Waals surface area contributed by atoms with Gasteiger partial charge in [-0.15, -0.1) is 0 Å². The highest BCUT2D eigenvalue weighted by Crippen LogP contribution is 2.28. The van der Waals surface area contributed by atoms with Crippen LogP contribution in [0, 0.1) is 6.92 Å². The maximum Gasteiger partial charge on any atom is 0.245 e. The normalized spacial score (nSPS) is 22.4. The van der Waals surface area contributed by atoms with E-state index in [9.17, 15) is 9.90 Å². The molecule has 5 heteroatoms. The van der Waals surface area contributed by atoms with Crippen LogP contribution >= 0.6 is 0 Å². The minimum Gasteiger partial charge on any atom is -0.504 e. The van der Waals surface area contributed by atoms with Gasteiger partial charge in [-0.1, -0.05) is 13.3 Å². The van der Waals surface area contributed by atoms with Crippen molar-refractivity contribution in [2.75, 3.05) is 11.9 Å². The summed E-state index contributed by atoms with van der Waals surface area (Å²) in [5.74, 6) is 0.151. The van der Waals surface area contributed by atoms with Crippen molar-refractivity contribution in [1.82, 2.24) is 10.3 Å². The lowest BCUT2D eigenvalue weighted by atomic mass is 9.91. The van der Waals surface area contributed by atoms with Gasteiger partial charge in [-0.05, 0) is 44.9 Å². The molecule has 1 aromatic rings. The maximum atomic E-state index is 12.5.